The molecule has 0 N–H and O–H groups in total. The topological polar surface area (TPSA) is 0 Å². The second kappa shape index (κ2) is 30.0. The Morgan fingerprint density at radius 3 is 0.462 bits per heavy atom. The molecule has 9 fully saturated rings. The summed E-state index contributed by atoms with van der Waals surface area (Å²) in [5.74, 6) is 0. The molecule has 0 spiro atoms. The van der Waals surface area contributed by atoms with Gasteiger partial charge in [-0.15, -0.1) is 0 Å². The molecule has 0 unspecified atom stereocenters. The fourth-order valence-electron chi connectivity index (χ4n) is 11.5. The summed E-state index contributed by atoms with van der Waals surface area (Å²) in [6, 6.07) is 0. The van der Waals surface area contributed by atoms with E-state index >= 15 is 0 Å². The molecule has 9 aliphatic rings. The molecular weight excluding hydrogens is 781 g/mol. The van der Waals surface area contributed by atoms with Crippen molar-refractivity contribution in [2.24, 2.45) is 48.7 Å². The van der Waals surface area contributed by atoms with Gasteiger partial charge in [0.15, 0.2) is 0 Å². The van der Waals surface area contributed by atoms with Crippen LogP contribution in [0.2, 0.25) is 0 Å². The Hall–Kier alpha value is 0. The maximum absolute atomic E-state index is 2.45. The summed E-state index contributed by atoms with van der Waals surface area (Å²) < 4.78 is 0. The molecule has 0 aromatic rings. The van der Waals surface area contributed by atoms with E-state index in [0.717, 1.165) is 43.3 Å². The summed E-state index contributed by atoms with van der Waals surface area (Å²) >= 11 is 0. The Bertz CT molecular complexity index is 1070. The number of rotatable bonds is 8. The van der Waals surface area contributed by atoms with Gasteiger partial charge in [0.05, 0.1) is 0 Å². The third-order valence-electron chi connectivity index (χ3n) is 19.9. The predicted octanol–water partition coefficient (Wildman–Crippen LogP) is 24.1. The summed E-state index contributed by atoms with van der Waals surface area (Å²) in [5.41, 5.74) is 6.68. The Kier molecular flexibility index (Phi) is 29.1. The summed E-state index contributed by atoms with van der Waals surface area (Å²) in [4.78, 5) is 0. The first kappa shape index (κ1) is 63.0. The van der Waals surface area contributed by atoms with Crippen molar-refractivity contribution in [1.29, 1.82) is 0 Å². The normalized spacial score (nSPS) is 26.7. The molecule has 0 aliphatic heterocycles. The molecule has 390 valence electrons. The van der Waals surface area contributed by atoms with Crippen LogP contribution in [0.1, 0.15) is 369 Å². The van der Waals surface area contributed by atoms with Crippen LogP contribution in [-0.4, -0.2) is 0 Å². The SMILES string of the molecule is CC1(C)CC1.CC1(C)CCC1.CC1(C)CCCC1.CCC1(C)CC1.CCC1(C)CCC1.CCC1(C)CCCC1.CCC1(C)CCCC1.CCCC1(C)CCCC1.CCCC1(C)CCCC1. The highest BCUT2D eigenvalue weighted by Crippen LogP contribution is 2.48. The van der Waals surface area contributed by atoms with E-state index in [0.29, 0.717) is 5.41 Å². The van der Waals surface area contributed by atoms with Gasteiger partial charge in [-0.2, -0.15) is 0 Å². The zero-order valence-electron chi connectivity index (χ0n) is 49.4. The zero-order chi connectivity index (χ0) is 49.4. The second-order valence-corrected chi connectivity index (χ2v) is 29.0. The molecule has 0 bridgehead atoms. The smallest absolute Gasteiger partial charge is 0.0326 e. The van der Waals surface area contributed by atoms with Crippen molar-refractivity contribution in [3.05, 3.63) is 0 Å². The summed E-state index contributed by atoms with van der Waals surface area (Å²) in [6.07, 6.45) is 55.3. The second-order valence-electron chi connectivity index (χ2n) is 29.0. The van der Waals surface area contributed by atoms with Crippen LogP contribution in [0.15, 0.2) is 0 Å². The molecule has 9 aliphatic carbocycles. The Morgan fingerprint density at radius 2 is 0.369 bits per heavy atom. The fourth-order valence-corrected chi connectivity index (χ4v) is 11.5. The molecule has 9 saturated carbocycles. The molecule has 0 nitrogen and oxygen atoms in total. The lowest BCUT2D eigenvalue weighted by atomic mass is 9.69. The van der Waals surface area contributed by atoms with Gasteiger partial charge >= 0.3 is 0 Å². The number of hydrogen-bond donors (Lipinski definition) is 0. The zero-order valence-corrected chi connectivity index (χ0v) is 49.4. The third kappa shape index (κ3) is 29.7. The van der Waals surface area contributed by atoms with Crippen LogP contribution in [0.3, 0.4) is 0 Å². The van der Waals surface area contributed by atoms with E-state index in [4.69, 9.17) is 0 Å². The van der Waals surface area contributed by atoms with Crippen molar-refractivity contribution in [3.63, 3.8) is 0 Å². The Morgan fingerprint density at radius 1 is 0.200 bits per heavy atom. The molecule has 9 rings (SSSR count). The number of hydrogen-bond acceptors (Lipinski definition) is 0. The predicted molar refractivity (Wildman–Crippen MR) is 299 cm³/mol. The van der Waals surface area contributed by atoms with Gasteiger partial charge < -0.3 is 0 Å². The highest BCUT2D eigenvalue weighted by atomic mass is 14.4. The lowest BCUT2D eigenvalue weighted by Gasteiger charge is -2.37. The van der Waals surface area contributed by atoms with Gasteiger partial charge in [0.1, 0.15) is 0 Å². The fraction of sp³-hybridized carbons (Fsp3) is 1.00. The largest absolute Gasteiger partial charge is 0.0654 e. The molecule has 0 aromatic carbocycles. The Labute approximate surface area is 415 Å². The van der Waals surface area contributed by atoms with Crippen LogP contribution in [0.25, 0.3) is 0 Å². The maximum atomic E-state index is 2.45. The van der Waals surface area contributed by atoms with Crippen molar-refractivity contribution in [1.82, 2.24) is 0 Å². The van der Waals surface area contributed by atoms with Crippen LogP contribution >= 0.6 is 0 Å². The summed E-state index contributed by atoms with van der Waals surface area (Å²) in [6.45, 7) is 42.2. The highest BCUT2D eigenvalue weighted by molar-refractivity contribution is 4.87. The van der Waals surface area contributed by atoms with Gasteiger partial charge in [0, 0.05) is 0 Å². The van der Waals surface area contributed by atoms with Gasteiger partial charge in [-0.3, -0.25) is 0 Å². The van der Waals surface area contributed by atoms with Crippen LogP contribution in [-0.2, 0) is 0 Å². The van der Waals surface area contributed by atoms with E-state index in [1.165, 1.54) is 244 Å². The molecule has 0 saturated heterocycles. The molecule has 0 aromatic heterocycles. The minimum absolute atomic E-state index is 0.694. The minimum Gasteiger partial charge on any atom is -0.0654 e. The van der Waals surface area contributed by atoms with E-state index in [-0.39, 0.29) is 0 Å². The van der Waals surface area contributed by atoms with Crippen LogP contribution < -0.4 is 0 Å². The van der Waals surface area contributed by atoms with Crippen molar-refractivity contribution in [3.8, 4) is 0 Å². The lowest BCUT2D eigenvalue weighted by molar-refractivity contribution is 0.155. The average Bonchev–Trinajstić information content (AvgIpc) is 3.66. The summed E-state index contributed by atoms with van der Waals surface area (Å²) in [5, 5.41) is 0. The molecule has 65 heavy (non-hydrogen) atoms. The van der Waals surface area contributed by atoms with E-state index in [2.05, 4.69) is 125 Å². The van der Waals surface area contributed by atoms with Crippen LogP contribution in [0.4, 0.5) is 0 Å². The van der Waals surface area contributed by atoms with Gasteiger partial charge in [0.25, 0.3) is 0 Å². The average molecular weight is 912 g/mol. The first-order chi connectivity index (χ1) is 30.2. The summed E-state index contributed by atoms with van der Waals surface area (Å²) in [7, 11) is 0. The molecular formula is C65H130. The van der Waals surface area contributed by atoms with E-state index in [1.54, 1.807) is 0 Å². The first-order valence-corrected chi connectivity index (χ1v) is 30.2. The van der Waals surface area contributed by atoms with Crippen molar-refractivity contribution in [2.45, 2.75) is 369 Å². The molecule has 0 radical (unpaired) electrons. The molecule has 0 heterocycles. The highest BCUT2D eigenvalue weighted by Gasteiger charge is 2.35. The molecule has 0 heteroatoms. The standard InChI is InChI=1S/2C9H18.2C8H16.2C7H14.2C6H12.C5H10/c2*1-3-6-9(2)7-4-5-8-9;2*1-3-8(2)6-4-5-7-8;1-7(2)5-3-4-6-7;1-3-7(2)5-4-6-7;1-6(2)4-3-5-6;1-3-6(2)4-5-6;1-5(2)3-4-5/h2*3-8H2,1-2H3;2*3-7H2,1-2H3;2*3-6H2,1-2H3;2*3-5H2,1-2H3;3-4H2,1-2H3. The van der Waals surface area contributed by atoms with E-state index < -0.39 is 0 Å². The van der Waals surface area contributed by atoms with Crippen molar-refractivity contribution >= 4 is 0 Å². The lowest BCUT2D eigenvalue weighted by Crippen LogP contribution is -2.23. The molecule has 0 amide bonds. The van der Waals surface area contributed by atoms with E-state index in [1.807, 2.05) is 0 Å². The van der Waals surface area contributed by atoms with E-state index in [9.17, 15) is 0 Å². The van der Waals surface area contributed by atoms with Crippen molar-refractivity contribution < 1.29 is 0 Å². The first-order valence-electron chi connectivity index (χ1n) is 30.2. The van der Waals surface area contributed by atoms with Crippen LogP contribution in [0, 0.1) is 48.7 Å². The van der Waals surface area contributed by atoms with Gasteiger partial charge in [-0.05, 0) is 177 Å². The van der Waals surface area contributed by atoms with Gasteiger partial charge in [-0.25, -0.2) is 0 Å². The quantitative estimate of drug-likeness (QED) is 0.228. The van der Waals surface area contributed by atoms with Crippen molar-refractivity contribution in [2.75, 3.05) is 0 Å². The monoisotopic (exact) mass is 911 g/mol. The Balaban J connectivity index is 0.000000367. The third-order valence-corrected chi connectivity index (χ3v) is 19.9. The minimum atomic E-state index is 0.694. The van der Waals surface area contributed by atoms with Crippen LogP contribution in [0.5, 0.6) is 0 Å². The van der Waals surface area contributed by atoms with Gasteiger partial charge in [0.2, 0.25) is 0 Å². The maximum Gasteiger partial charge on any atom is -0.0326 e. The van der Waals surface area contributed by atoms with Gasteiger partial charge in [-0.1, -0.05) is 240 Å². The molecule has 0 atom stereocenters.